The lowest BCUT2D eigenvalue weighted by Crippen LogP contribution is -2.29. The number of amides is 1. The molecule has 4 N–H and O–H groups in total. The summed E-state index contributed by atoms with van der Waals surface area (Å²) in [6.07, 6.45) is 0.137. The standard InChI is InChI=1S/C18H21FN4O.HI/c1-13-4-2-7-16(10-13)23-18(20)22-9-8-21-17(24)12-14-5-3-6-15(19)11-14;/h2-7,10-11H,8-9,12H2,1H3,(H,21,24)(H3,20,22,23);1H. The molecule has 0 spiro atoms. The molecule has 0 radical (unpaired) electrons. The van der Waals surface area contributed by atoms with Crippen LogP contribution in [0.2, 0.25) is 0 Å². The predicted octanol–water partition coefficient (Wildman–Crippen LogP) is 2.84. The first kappa shape index (κ1) is 20.9. The minimum absolute atomic E-state index is 0. The fraction of sp³-hybridized carbons (Fsp3) is 0.222. The normalized spacial score (nSPS) is 10.7. The second-order valence-electron chi connectivity index (χ2n) is 5.42. The Balaban J connectivity index is 0.00000312. The van der Waals surface area contributed by atoms with Gasteiger partial charge in [0.25, 0.3) is 0 Å². The van der Waals surface area contributed by atoms with Crippen molar-refractivity contribution in [2.45, 2.75) is 13.3 Å². The third-order valence-corrected chi connectivity index (χ3v) is 3.26. The Kier molecular flexibility index (Phi) is 8.90. The molecule has 0 unspecified atom stereocenters. The third-order valence-electron chi connectivity index (χ3n) is 3.26. The fourth-order valence-electron chi connectivity index (χ4n) is 2.18. The first-order valence-corrected chi connectivity index (χ1v) is 7.68. The molecule has 0 saturated heterocycles. The van der Waals surface area contributed by atoms with E-state index >= 15 is 0 Å². The van der Waals surface area contributed by atoms with Crippen molar-refractivity contribution in [3.63, 3.8) is 0 Å². The van der Waals surface area contributed by atoms with Crippen LogP contribution in [0.1, 0.15) is 11.1 Å². The molecular weight excluding hydrogens is 434 g/mol. The largest absolute Gasteiger partial charge is 0.370 e. The zero-order chi connectivity index (χ0) is 17.4. The lowest BCUT2D eigenvalue weighted by molar-refractivity contribution is -0.120. The van der Waals surface area contributed by atoms with Gasteiger partial charge in [-0.1, -0.05) is 24.3 Å². The number of rotatable bonds is 6. The molecule has 2 rings (SSSR count). The Morgan fingerprint density at radius 3 is 2.68 bits per heavy atom. The van der Waals surface area contributed by atoms with Gasteiger partial charge in [-0.15, -0.1) is 24.0 Å². The Bertz CT molecular complexity index is 737. The highest BCUT2D eigenvalue weighted by atomic mass is 127. The third kappa shape index (κ3) is 7.97. The number of anilines is 1. The molecule has 2 aromatic rings. The molecule has 1 amide bonds. The van der Waals surface area contributed by atoms with Crippen molar-refractivity contribution in [3.8, 4) is 0 Å². The van der Waals surface area contributed by atoms with E-state index in [1.54, 1.807) is 12.1 Å². The molecule has 7 heteroatoms. The highest BCUT2D eigenvalue weighted by Gasteiger charge is 2.03. The Morgan fingerprint density at radius 1 is 1.20 bits per heavy atom. The van der Waals surface area contributed by atoms with Crippen LogP contribution < -0.4 is 16.4 Å². The number of aliphatic imine (C=N–C) groups is 1. The number of nitrogens with zero attached hydrogens (tertiary/aromatic N) is 1. The maximum Gasteiger partial charge on any atom is 0.224 e. The molecule has 0 aliphatic carbocycles. The van der Waals surface area contributed by atoms with Gasteiger partial charge in [-0.2, -0.15) is 0 Å². The number of benzene rings is 2. The molecule has 0 atom stereocenters. The number of halogens is 2. The SMILES string of the molecule is Cc1cccc(NC(N)=NCCNC(=O)Cc2cccc(F)c2)c1.I. The molecular formula is C18H22FIN4O. The second kappa shape index (κ2) is 10.7. The van der Waals surface area contributed by atoms with Crippen LogP contribution in [0.3, 0.4) is 0 Å². The summed E-state index contributed by atoms with van der Waals surface area (Å²) in [5, 5.41) is 5.72. The highest BCUT2D eigenvalue weighted by molar-refractivity contribution is 14.0. The van der Waals surface area contributed by atoms with Gasteiger partial charge >= 0.3 is 0 Å². The van der Waals surface area contributed by atoms with E-state index in [0.717, 1.165) is 11.3 Å². The number of carbonyl (C=O) groups is 1. The van der Waals surface area contributed by atoms with Gasteiger partial charge < -0.3 is 16.4 Å². The molecule has 0 aromatic heterocycles. The van der Waals surface area contributed by atoms with Gasteiger partial charge in [0, 0.05) is 12.2 Å². The van der Waals surface area contributed by atoms with Gasteiger partial charge in [0.15, 0.2) is 5.96 Å². The molecule has 0 heterocycles. The molecule has 0 aliphatic heterocycles. The molecule has 0 aliphatic rings. The summed E-state index contributed by atoms with van der Waals surface area (Å²) in [5.41, 5.74) is 8.42. The van der Waals surface area contributed by atoms with E-state index in [4.69, 9.17) is 5.73 Å². The summed E-state index contributed by atoms with van der Waals surface area (Å²) in [6.45, 7) is 2.72. The number of hydrogen-bond acceptors (Lipinski definition) is 2. The lowest BCUT2D eigenvalue weighted by Gasteiger charge is -2.07. The van der Waals surface area contributed by atoms with E-state index in [9.17, 15) is 9.18 Å². The molecule has 2 aromatic carbocycles. The van der Waals surface area contributed by atoms with E-state index < -0.39 is 0 Å². The molecule has 134 valence electrons. The number of hydrogen-bond donors (Lipinski definition) is 3. The van der Waals surface area contributed by atoms with Crippen LogP contribution in [-0.4, -0.2) is 25.0 Å². The van der Waals surface area contributed by atoms with E-state index in [-0.39, 0.29) is 42.1 Å². The topological polar surface area (TPSA) is 79.5 Å². The number of nitrogens with one attached hydrogen (secondary N) is 2. The first-order valence-electron chi connectivity index (χ1n) is 7.68. The van der Waals surface area contributed by atoms with E-state index in [1.165, 1.54) is 12.1 Å². The lowest BCUT2D eigenvalue weighted by atomic mass is 10.1. The maximum atomic E-state index is 13.0. The average Bonchev–Trinajstić information content (AvgIpc) is 2.51. The summed E-state index contributed by atoms with van der Waals surface area (Å²) in [5.74, 6) is -0.235. The molecule has 5 nitrogen and oxygen atoms in total. The van der Waals surface area contributed by atoms with Crippen molar-refractivity contribution in [2.24, 2.45) is 10.7 Å². The number of guanidine groups is 1. The van der Waals surface area contributed by atoms with E-state index in [1.807, 2.05) is 31.2 Å². The van der Waals surface area contributed by atoms with Crippen molar-refractivity contribution < 1.29 is 9.18 Å². The molecule has 0 saturated carbocycles. The van der Waals surface area contributed by atoms with Gasteiger partial charge in [0.1, 0.15) is 5.82 Å². The highest BCUT2D eigenvalue weighted by Crippen LogP contribution is 2.08. The van der Waals surface area contributed by atoms with Crippen molar-refractivity contribution in [3.05, 3.63) is 65.5 Å². The number of carbonyl (C=O) groups excluding carboxylic acids is 1. The summed E-state index contributed by atoms with van der Waals surface area (Å²) in [6, 6.07) is 13.8. The molecule has 25 heavy (non-hydrogen) atoms. The summed E-state index contributed by atoms with van der Waals surface area (Å²) >= 11 is 0. The van der Waals surface area contributed by atoms with Crippen molar-refractivity contribution >= 4 is 41.5 Å². The van der Waals surface area contributed by atoms with Crippen LogP contribution in [0.4, 0.5) is 10.1 Å². The summed E-state index contributed by atoms with van der Waals surface area (Å²) in [7, 11) is 0. The van der Waals surface area contributed by atoms with Gasteiger partial charge in [-0.05, 0) is 42.3 Å². The first-order chi connectivity index (χ1) is 11.5. The van der Waals surface area contributed by atoms with E-state index in [0.29, 0.717) is 24.6 Å². The van der Waals surface area contributed by atoms with Crippen molar-refractivity contribution in [2.75, 3.05) is 18.4 Å². The fourth-order valence-corrected chi connectivity index (χ4v) is 2.18. The Hall–Kier alpha value is -2.16. The van der Waals surface area contributed by atoms with Crippen molar-refractivity contribution in [1.29, 1.82) is 0 Å². The zero-order valence-corrected chi connectivity index (χ0v) is 16.3. The quantitative estimate of drug-likeness (QED) is 0.271. The minimum atomic E-state index is -0.347. The second-order valence-corrected chi connectivity index (χ2v) is 5.42. The van der Waals surface area contributed by atoms with Gasteiger partial charge in [-0.3, -0.25) is 9.79 Å². The molecule has 0 bridgehead atoms. The average molecular weight is 456 g/mol. The Labute approximate surface area is 163 Å². The van der Waals surface area contributed by atoms with Crippen LogP contribution in [0.15, 0.2) is 53.5 Å². The van der Waals surface area contributed by atoms with Crippen LogP contribution >= 0.6 is 24.0 Å². The molecule has 0 fully saturated rings. The number of aryl methyl sites for hydroxylation is 1. The van der Waals surface area contributed by atoms with Gasteiger partial charge in [0.2, 0.25) is 5.91 Å². The smallest absolute Gasteiger partial charge is 0.224 e. The number of nitrogens with two attached hydrogens (primary N) is 1. The maximum absolute atomic E-state index is 13.0. The van der Waals surface area contributed by atoms with Crippen LogP contribution in [0, 0.1) is 12.7 Å². The van der Waals surface area contributed by atoms with Gasteiger partial charge in [0.05, 0.1) is 13.0 Å². The summed E-state index contributed by atoms with van der Waals surface area (Å²) in [4.78, 5) is 15.9. The van der Waals surface area contributed by atoms with Crippen LogP contribution in [-0.2, 0) is 11.2 Å². The Morgan fingerprint density at radius 2 is 1.96 bits per heavy atom. The van der Waals surface area contributed by atoms with Crippen LogP contribution in [0.25, 0.3) is 0 Å². The van der Waals surface area contributed by atoms with Crippen LogP contribution in [0.5, 0.6) is 0 Å². The summed E-state index contributed by atoms with van der Waals surface area (Å²) < 4.78 is 13.0. The monoisotopic (exact) mass is 456 g/mol. The van der Waals surface area contributed by atoms with Gasteiger partial charge in [-0.25, -0.2) is 4.39 Å². The zero-order valence-electron chi connectivity index (χ0n) is 14.0. The van der Waals surface area contributed by atoms with E-state index in [2.05, 4.69) is 15.6 Å². The van der Waals surface area contributed by atoms with Crippen molar-refractivity contribution in [1.82, 2.24) is 5.32 Å². The predicted molar refractivity (Wildman–Crippen MR) is 110 cm³/mol. The minimum Gasteiger partial charge on any atom is -0.370 e.